The molecule has 0 unspecified atom stereocenters. The van der Waals surface area contributed by atoms with Gasteiger partial charge in [-0.2, -0.15) is 4.98 Å². The van der Waals surface area contributed by atoms with Crippen LogP contribution in [0, 0.1) is 0 Å². The Hall–Kier alpha value is -1.98. The summed E-state index contributed by atoms with van der Waals surface area (Å²) in [5.74, 6) is 1.25. The quantitative estimate of drug-likeness (QED) is 0.792. The van der Waals surface area contributed by atoms with Crippen molar-refractivity contribution in [3.63, 3.8) is 0 Å². The minimum absolute atomic E-state index is 0.504. The molecule has 1 aromatic carbocycles. The lowest BCUT2D eigenvalue weighted by molar-refractivity contribution is 0.424. The molecule has 0 fully saturated rings. The average Bonchev–Trinajstić information content (AvgIpc) is 3.11. The molecule has 0 spiro atoms. The number of hydrogen-bond donors (Lipinski definition) is 1. The zero-order chi connectivity index (χ0) is 13.1. The van der Waals surface area contributed by atoms with Gasteiger partial charge in [-0.3, -0.25) is 0 Å². The summed E-state index contributed by atoms with van der Waals surface area (Å²) < 4.78 is 5.30. The Morgan fingerprint density at radius 3 is 2.95 bits per heavy atom. The molecule has 0 amide bonds. The molecule has 3 aromatic rings. The Morgan fingerprint density at radius 2 is 2.16 bits per heavy atom. The Bertz CT molecular complexity index is 661. The van der Waals surface area contributed by atoms with E-state index in [9.17, 15) is 0 Å². The van der Waals surface area contributed by atoms with Gasteiger partial charge in [0, 0.05) is 23.4 Å². The molecule has 0 atom stereocenters. The van der Waals surface area contributed by atoms with Gasteiger partial charge in [-0.15, -0.1) is 11.3 Å². The molecule has 2 N–H and O–H groups in total. The van der Waals surface area contributed by atoms with Crippen LogP contribution >= 0.6 is 11.3 Å². The molecule has 2 heterocycles. The Kier molecular flexibility index (Phi) is 3.39. The number of thiophene rings is 1. The lowest BCUT2D eigenvalue weighted by Gasteiger charge is -1.98. The van der Waals surface area contributed by atoms with Gasteiger partial charge in [-0.05, 0) is 29.1 Å². The van der Waals surface area contributed by atoms with Gasteiger partial charge in [0.15, 0.2) is 5.82 Å². The first-order valence-corrected chi connectivity index (χ1v) is 6.87. The van der Waals surface area contributed by atoms with Crippen LogP contribution in [0.1, 0.15) is 16.3 Å². The molecule has 0 saturated carbocycles. The summed E-state index contributed by atoms with van der Waals surface area (Å²) in [5.41, 5.74) is 7.59. The third-order valence-corrected chi connectivity index (χ3v) is 3.67. The van der Waals surface area contributed by atoms with Crippen LogP contribution in [0.4, 0.5) is 0 Å². The van der Waals surface area contributed by atoms with Crippen molar-refractivity contribution >= 4 is 11.3 Å². The van der Waals surface area contributed by atoms with E-state index in [1.165, 1.54) is 4.88 Å². The third-order valence-electron chi connectivity index (χ3n) is 2.79. The van der Waals surface area contributed by atoms with Gasteiger partial charge in [0.2, 0.25) is 0 Å². The number of hydrogen-bond acceptors (Lipinski definition) is 5. The van der Waals surface area contributed by atoms with Gasteiger partial charge in [0.05, 0.1) is 0 Å². The van der Waals surface area contributed by atoms with E-state index in [-0.39, 0.29) is 0 Å². The van der Waals surface area contributed by atoms with Crippen LogP contribution in [0.25, 0.3) is 11.5 Å². The molecule has 0 aliphatic rings. The summed E-state index contributed by atoms with van der Waals surface area (Å²) in [6, 6.07) is 11.9. The van der Waals surface area contributed by atoms with Crippen LogP contribution in [0.15, 0.2) is 46.3 Å². The van der Waals surface area contributed by atoms with Crippen molar-refractivity contribution in [3.8, 4) is 11.5 Å². The molecule has 3 rings (SSSR count). The van der Waals surface area contributed by atoms with E-state index < -0.39 is 0 Å². The average molecular weight is 271 g/mol. The zero-order valence-corrected chi connectivity index (χ0v) is 11.1. The summed E-state index contributed by atoms with van der Waals surface area (Å²) in [6.45, 7) is 0.504. The van der Waals surface area contributed by atoms with Gasteiger partial charge in [0.1, 0.15) is 0 Å². The molecule has 19 heavy (non-hydrogen) atoms. The van der Waals surface area contributed by atoms with E-state index in [1.54, 1.807) is 11.3 Å². The first-order valence-electron chi connectivity index (χ1n) is 5.99. The van der Waals surface area contributed by atoms with Gasteiger partial charge in [0.25, 0.3) is 5.89 Å². The molecule has 4 nitrogen and oxygen atoms in total. The second-order valence-corrected chi connectivity index (χ2v) is 5.21. The van der Waals surface area contributed by atoms with E-state index in [0.29, 0.717) is 24.7 Å². The SMILES string of the molecule is NCc1cccc(-c2nc(Cc3cccs3)no2)c1. The van der Waals surface area contributed by atoms with Crippen LogP contribution < -0.4 is 5.73 Å². The second-order valence-electron chi connectivity index (χ2n) is 4.18. The molecule has 96 valence electrons. The largest absolute Gasteiger partial charge is 0.334 e. The summed E-state index contributed by atoms with van der Waals surface area (Å²) in [4.78, 5) is 5.64. The van der Waals surface area contributed by atoms with Crippen molar-refractivity contribution in [2.24, 2.45) is 5.73 Å². The highest BCUT2D eigenvalue weighted by atomic mass is 32.1. The van der Waals surface area contributed by atoms with Crippen LogP contribution in [0.5, 0.6) is 0 Å². The predicted octanol–water partition coefficient (Wildman–Crippen LogP) is 2.85. The minimum Gasteiger partial charge on any atom is -0.334 e. The fraction of sp³-hybridized carbons (Fsp3) is 0.143. The zero-order valence-electron chi connectivity index (χ0n) is 10.2. The monoisotopic (exact) mass is 271 g/mol. The normalized spacial score (nSPS) is 10.8. The lowest BCUT2D eigenvalue weighted by atomic mass is 10.1. The van der Waals surface area contributed by atoms with Gasteiger partial charge in [-0.1, -0.05) is 23.4 Å². The number of aromatic nitrogens is 2. The highest BCUT2D eigenvalue weighted by Gasteiger charge is 2.10. The number of rotatable bonds is 4. The predicted molar refractivity (Wildman–Crippen MR) is 74.8 cm³/mol. The van der Waals surface area contributed by atoms with E-state index >= 15 is 0 Å². The van der Waals surface area contributed by atoms with Crippen LogP contribution in [-0.4, -0.2) is 10.1 Å². The van der Waals surface area contributed by atoms with Crippen LogP contribution in [-0.2, 0) is 13.0 Å². The Morgan fingerprint density at radius 1 is 1.21 bits per heavy atom. The van der Waals surface area contributed by atoms with Crippen molar-refractivity contribution in [3.05, 3.63) is 58.0 Å². The summed E-state index contributed by atoms with van der Waals surface area (Å²) >= 11 is 1.69. The van der Waals surface area contributed by atoms with Crippen LogP contribution in [0.2, 0.25) is 0 Å². The smallest absolute Gasteiger partial charge is 0.257 e. The van der Waals surface area contributed by atoms with E-state index in [4.69, 9.17) is 10.3 Å². The van der Waals surface area contributed by atoms with Crippen molar-refractivity contribution in [1.29, 1.82) is 0 Å². The first-order chi connectivity index (χ1) is 9.35. The molecule has 0 radical (unpaired) electrons. The molecule has 5 heteroatoms. The third kappa shape index (κ3) is 2.72. The summed E-state index contributed by atoms with van der Waals surface area (Å²) in [7, 11) is 0. The Labute approximate surface area is 114 Å². The maximum Gasteiger partial charge on any atom is 0.257 e. The van der Waals surface area contributed by atoms with Gasteiger partial charge < -0.3 is 10.3 Å². The number of benzene rings is 1. The molecule has 0 saturated heterocycles. The minimum atomic E-state index is 0.504. The molecule has 0 aliphatic heterocycles. The maximum atomic E-state index is 5.63. The highest BCUT2D eigenvalue weighted by Crippen LogP contribution is 2.20. The van der Waals surface area contributed by atoms with Crippen molar-refractivity contribution in [2.75, 3.05) is 0 Å². The lowest BCUT2D eigenvalue weighted by Crippen LogP contribution is -1.95. The first kappa shape index (κ1) is 12.1. The Balaban J connectivity index is 1.84. The molecular weight excluding hydrogens is 258 g/mol. The fourth-order valence-corrected chi connectivity index (χ4v) is 2.54. The molecule has 2 aromatic heterocycles. The maximum absolute atomic E-state index is 5.63. The van der Waals surface area contributed by atoms with Gasteiger partial charge >= 0.3 is 0 Å². The molecular formula is C14H13N3OS. The van der Waals surface area contributed by atoms with Crippen molar-refractivity contribution < 1.29 is 4.52 Å². The van der Waals surface area contributed by atoms with Gasteiger partial charge in [-0.25, -0.2) is 0 Å². The fourth-order valence-electron chi connectivity index (χ4n) is 1.84. The second kappa shape index (κ2) is 5.34. The number of nitrogens with zero attached hydrogens (tertiary/aromatic N) is 2. The van der Waals surface area contributed by atoms with E-state index in [2.05, 4.69) is 16.2 Å². The van der Waals surface area contributed by atoms with Crippen LogP contribution in [0.3, 0.4) is 0 Å². The van der Waals surface area contributed by atoms with Crippen molar-refractivity contribution in [2.45, 2.75) is 13.0 Å². The van der Waals surface area contributed by atoms with Crippen molar-refractivity contribution in [1.82, 2.24) is 10.1 Å². The molecule has 0 aliphatic carbocycles. The summed E-state index contributed by atoms with van der Waals surface area (Å²) in [6.07, 6.45) is 0.706. The van der Waals surface area contributed by atoms with E-state index in [1.807, 2.05) is 35.7 Å². The standard InChI is InChI=1S/C14H13N3OS/c15-9-10-3-1-4-11(7-10)14-16-13(17-18-14)8-12-5-2-6-19-12/h1-7H,8-9,15H2. The highest BCUT2D eigenvalue weighted by molar-refractivity contribution is 7.09. The topological polar surface area (TPSA) is 64.9 Å². The number of nitrogens with two attached hydrogens (primary N) is 1. The summed E-state index contributed by atoms with van der Waals surface area (Å²) in [5, 5.41) is 6.05. The van der Waals surface area contributed by atoms with E-state index in [0.717, 1.165) is 11.1 Å². The molecule has 0 bridgehead atoms.